The second-order valence-electron chi connectivity index (χ2n) is 2.57. The van der Waals surface area contributed by atoms with Crippen molar-refractivity contribution in [2.24, 2.45) is 0 Å². The van der Waals surface area contributed by atoms with Crippen LogP contribution in [0.4, 0.5) is 5.69 Å². The maximum absolute atomic E-state index is 10.9. The smallest absolute Gasteiger partial charge is 0.221 e. The standard InChI is InChI=1S/C8H8ClNO3S/c1-5(11)10-7-3-2-6(9)4-8(7)14(12)13/h2-4H,1H3,(H,10,11)(H,12,13). The van der Waals surface area contributed by atoms with Crippen LogP contribution in [0.3, 0.4) is 0 Å². The average Bonchev–Trinajstić information content (AvgIpc) is 2.07. The normalized spacial score (nSPS) is 12.2. The van der Waals surface area contributed by atoms with Gasteiger partial charge in [-0.2, -0.15) is 0 Å². The molecule has 1 aromatic rings. The Morgan fingerprint density at radius 3 is 2.71 bits per heavy atom. The third-order valence-corrected chi connectivity index (χ3v) is 2.39. The molecule has 1 amide bonds. The number of hydrogen-bond acceptors (Lipinski definition) is 2. The van der Waals surface area contributed by atoms with Crippen LogP contribution in [-0.2, 0) is 15.9 Å². The molecule has 4 nitrogen and oxygen atoms in total. The zero-order valence-electron chi connectivity index (χ0n) is 7.28. The van der Waals surface area contributed by atoms with E-state index in [1.54, 1.807) is 0 Å². The van der Waals surface area contributed by atoms with Crippen LogP contribution in [0.2, 0.25) is 5.02 Å². The van der Waals surface area contributed by atoms with E-state index in [0.29, 0.717) is 10.7 Å². The fourth-order valence-corrected chi connectivity index (χ4v) is 1.71. The van der Waals surface area contributed by atoms with E-state index >= 15 is 0 Å². The highest BCUT2D eigenvalue weighted by Gasteiger charge is 2.09. The van der Waals surface area contributed by atoms with Crippen LogP contribution in [0.5, 0.6) is 0 Å². The average molecular weight is 234 g/mol. The van der Waals surface area contributed by atoms with Gasteiger partial charge in [-0.3, -0.25) is 4.79 Å². The Bertz CT molecular complexity index is 394. The van der Waals surface area contributed by atoms with Gasteiger partial charge in [0.2, 0.25) is 5.91 Å². The van der Waals surface area contributed by atoms with Crippen LogP contribution < -0.4 is 5.32 Å². The molecular formula is C8H8ClNO3S. The molecule has 0 radical (unpaired) electrons. The lowest BCUT2D eigenvalue weighted by Crippen LogP contribution is -2.08. The minimum Gasteiger partial charge on any atom is -0.325 e. The predicted molar refractivity (Wildman–Crippen MR) is 54.8 cm³/mol. The monoisotopic (exact) mass is 233 g/mol. The first-order valence-electron chi connectivity index (χ1n) is 3.68. The molecular weight excluding hydrogens is 226 g/mol. The van der Waals surface area contributed by atoms with Crippen molar-refractivity contribution in [2.45, 2.75) is 11.8 Å². The predicted octanol–water partition coefficient (Wildman–Crippen LogP) is 1.88. The highest BCUT2D eigenvalue weighted by molar-refractivity contribution is 7.79. The Balaban J connectivity index is 3.14. The number of benzene rings is 1. The zero-order valence-corrected chi connectivity index (χ0v) is 8.85. The largest absolute Gasteiger partial charge is 0.325 e. The Hall–Kier alpha value is -0.910. The highest BCUT2D eigenvalue weighted by atomic mass is 35.5. The molecule has 1 rings (SSSR count). The Labute approximate surface area is 88.6 Å². The first-order valence-corrected chi connectivity index (χ1v) is 5.17. The third kappa shape index (κ3) is 2.80. The second-order valence-corrected chi connectivity index (χ2v) is 3.95. The molecule has 1 unspecified atom stereocenters. The molecule has 6 heteroatoms. The number of anilines is 1. The SMILES string of the molecule is CC(=O)Nc1ccc(Cl)cc1S(=O)O. The molecule has 0 spiro atoms. The van der Waals surface area contributed by atoms with Crippen molar-refractivity contribution in [3.8, 4) is 0 Å². The summed E-state index contributed by atoms with van der Waals surface area (Å²) in [5, 5.41) is 2.78. The molecule has 0 saturated heterocycles. The first-order chi connectivity index (χ1) is 6.50. The molecule has 0 bridgehead atoms. The molecule has 0 saturated carbocycles. The summed E-state index contributed by atoms with van der Waals surface area (Å²) in [6, 6.07) is 4.35. The summed E-state index contributed by atoms with van der Waals surface area (Å²) in [4.78, 5) is 10.8. The Morgan fingerprint density at radius 2 is 2.21 bits per heavy atom. The van der Waals surface area contributed by atoms with Crippen LogP contribution in [-0.4, -0.2) is 14.7 Å². The van der Waals surface area contributed by atoms with E-state index in [-0.39, 0.29) is 10.8 Å². The van der Waals surface area contributed by atoms with E-state index in [2.05, 4.69) is 5.32 Å². The maximum Gasteiger partial charge on any atom is 0.221 e. The van der Waals surface area contributed by atoms with Gasteiger partial charge in [-0.1, -0.05) is 11.6 Å². The van der Waals surface area contributed by atoms with Gasteiger partial charge in [0.25, 0.3) is 0 Å². The van der Waals surface area contributed by atoms with E-state index in [9.17, 15) is 9.00 Å². The summed E-state index contributed by atoms with van der Waals surface area (Å²) >= 11 is 3.47. The molecule has 0 aliphatic rings. The fraction of sp³-hybridized carbons (Fsp3) is 0.125. The minimum atomic E-state index is -2.17. The number of nitrogens with one attached hydrogen (secondary N) is 1. The molecule has 1 atom stereocenters. The maximum atomic E-state index is 10.9. The van der Waals surface area contributed by atoms with E-state index in [0.717, 1.165) is 0 Å². The van der Waals surface area contributed by atoms with E-state index in [1.165, 1.54) is 25.1 Å². The highest BCUT2D eigenvalue weighted by Crippen LogP contribution is 2.23. The van der Waals surface area contributed by atoms with Crippen molar-refractivity contribution in [1.82, 2.24) is 0 Å². The van der Waals surface area contributed by atoms with Gasteiger partial charge in [-0.15, -0.1) is 0 Å². The Kier molecular flexibility index (Phi) is 3.62. The zero-order chi connectivity index (χ0) is 10.7. The molecule has 0 aliphatic heterocycles. The van der Waals surface area contributed by atoms with Crippen molar-refractivity contribution in [3.05, 3.63) is 23.2 Å². The molecule has 1 aromatic carbocycles. The summed E-state index contributed by atoms with van der Waals surface area (Å²) in [6.07, 6.45) is 0. The number of hydrogen-bond donors (Lipinski definition) is 2. The summed E-state index contributed by atoms with van der Waals surface area (Å²) < 4.78 is 19.8. The number of amides is 1. The summed E-state index contributed by atoms with van der Waals surface area (Å²) in [5.41, 5.74) is 0.294. The number of carbonyl (C=O) groups is 1. The van der Waals surface area contributed by atoms with E-state index in [4.69, 9.17) is 16.2 Å². The molecule has 76 valence electrons. The van der Waals surface area contributed by atoms with Gasteiger partial charge in [0.15, 0.2) is 11.1 Å². The minimum absolute atomic E-state index is 0.0905. The molecule has 2 N–H and O–H groups in total. The number of rotatable bonds is 2. The fourth-order valence-electron chi connectivity index (χ4n) is 0.934. The lowest BCUT2D eigenvalue weighted by atomic mass is 10.3. The summed E-state index contributed by atoms with van der Waals surface area (Å²) in [6.45, 7) is 1.32. The molecule has 0 aromatic heterocycles. The summed E-state index contributed by atoms with van der Waals surface area (Å²) in [7, 11) is 0. The quantitative estimate of drug-likeness (QED) is 0.767. The molecule has 0 heterocycles. The van der Waals surface area contributed by atoms with Crippen LogP contribution in [0.25, 0.3) is 0 Å². The van der Waals surface area contributed by atoms with Gasteiger partial charge < -0.3 is 9.87 Å². The number of halogens is 1. The van der Waals surface area contributed by atoms with Crippen LogP contribution in [0, 0.1) is 0 Å². The van der Waals surface area contributed by atoms with Crippen molar-refractivity contribution < 1.29 is 13.6 Å². The third-order valence-electron chi connectivity index (χ3n) is 1.44. The van der Waals surface area contributed by atoms with Gasteiger partial charge in [0, 0.05) is 11.9 Å². The van der Waals surface area contributed by atoms with Gasteiger partial charge >= 0.3 is 0 Å². The topological polar surface area (TPSA) is 66.4 Å². The van der Waals surface area contributed by atoms with Crippen LogP contribution >= 0.6 is 11.6 Å². The van der Waals surface area contributed by atoms with Crippen molar-refractivity contribution >= 4 is 34.3 Å². The molecule has 0 aliphatic carbocycles. The van der Waals surface area contributed by atoms with Crippen LogP contribution in [0.1, 0.15) is 6.92 Å². The van der Waals surface area contributed by atoms with Gasteiger partial charge in [0.1, 0.15) is 0 Å². The molecule has 0 fully saturated rings. The van der Waals surface area contributed by atoms with Gasteiger partial charge in [-0.25, -0.2) is 4.21 Å². The lowest BCUT2D eigenvalue weighted by Gasteiger charge is -2.06. The Morgan fingerprint density at radius 1 is 1.57 bits per heavy atom. The van der Waals surface area contributed by atoms with E-state index in [1.807, 2.05) is 0 Å². The number of carbonyl (C=O) groups excluding carboxylic acids is 1. The van der Waals surface area contributed by atoms with Crippen molar-refractivity contribution in [2.75, 3.05) is 5.32 Å². The van der Waals surface area contributed by atoms with Gasteiger partial charge in [0.05, 0.1) is 10.6 Å². The van der Waals surface area contributed by atoms with E-state index < -0.39 is 11.1 Å². The molecule has 14 heavy (non-hydrogen) atoms. The van der Waals surface area contributed by atoms with Crippen LogP contribution in [0.15, 0.2) is 23.1 Å². The lowest BCUT2D eigenvalue weighted by molar-refractivity contribution is -0.114. The van der Waals surface area contributed by atoms with Crippen molar-refractivity contribution in [3.63, 3.8) is 0 Å². The van der Waals surface area contributed by atoms with Crippen molar-refractivity contribution in [1.29, 1.82) is 0 Å². The summed E-state index contributed by atoms with van der Waals surface area (Å²) in [5.74, 6) is -0.306. The van der Waals surface area contributed by atoms with Gasteiger partial charge in [-0.05, 0) is 18.2 Å². The first kappa shape index (κ1) is 11.2. The second kappa shape index (κ2) is 4.54.